The minimum Gasteiger partial charge on any atom is -0.495 e. The first-order valence-corrected chi connectivity index (χ1v) is 16.4. The van der Waals surface area contributed by atoms with E-state index in [1.54, 1.807) is 36.4 Å². The number of anilines is 1. The lowest BCUT2D eigenvalue weighted by Gasteiger charge is -2.34. The van der Waals surface area contributed by atoms with Gasteiger partial charge < -0.3 is 15.0 Å². The second kappa shape index (κ2) is 15.0. The van der Waals surface area contributed by atoms with Crippen LogP contribution in [0.5, 0.6) is 5.75 Å². The van der Waals surface area contributed by atoms with E-state index >= 15 is 0 Å². The largest absolute Gasteiger partial charge is 0.495 e. The van der Waals surface area contributed by atoms with Gasteiger partial charge in [0.1, 0.15) is 18.3 Å². The van der Waals surface area contributed by atoms with Gasteiger partial charge in [-0.05, 0) is 61.4 Å². The number of halogens is 1. The van der Waals surface area contributed by atoms with E-state index in [0.29, 0.717) is 12.3 Å². The van der Waals surface area contributed by atoms with Crippen molar-refractivity contribution in [1.29, 1.82) is 0 Å². The normalized spacial score (nSPS) is 11.8. The molecular weight excluding hydrogens is 642 g/mol. The third kappa shape index (κ3) is 8.06. The Morgan fingerprint density at radius 1 is 0.886 bits per heavy atom. The van der Waals surface area contributed by atoms with Crippen LogP contribution in [0, 0.1) is 6.92 Å². The molecule has 0 radical (unpaired) electrons. The molecular formula is C34H36BrN3O5S. The van der Waals surface area contributed by atoms with Gasteiger partial charge in [-0.1, -0.05) is 88.2 Å². The summed E-state index contributed by atoms with van der Waals surface area (Å²) in [5, 5.41) is 2.87. The highest BCUT2D eigenvalue weighted by Gasteiger charge is 2.35. The number of nitrogens with zero attached hydrogens (tertiary/aromatic N) is 2. The number of aryl methyl sites for hydroxylation is 1. The van der Waals surface area contributed by atoms with Crippen molar-refractivity contribution in [2.24, 2.45) is 0 Å². The summed E-state index contributed by atoms with van der Waals surface area (Å²) in [6, 6.07) is 29.1. The molecule has 0 aliphatic carbocycles. The number of nitrogens with one attached hydrogen (secondary N) is 1. The van der Waals surface area contributed by atoms with Crippen LogP contribution < -0.4 is 14.4 Å². The highest BCUT2D eigenvalue weighted by atomic mass is 79.9. The monoisotopic (exact) mass is 677 g/mol. The van der Waals surface area contributed by atoms with E-state index in [0.717, 1.165) is 25.5 Å². The number of hydrogen-bond donors (Lipinski definition) is 1. The number of carbonyl (C=O) groups is 2. The number of amides is 2. The van der Waals surface area contributed by atoms with E-state index in [2.05, 4.69) is 21.2 Å². The Bertz CT molecular complexity index is 1680. The Morgan fingerprint density at radius 2 is 1.55 bits per heavy atom. The fourth-order valence-corrected chi connectivity index (χ4v) is 6.74. The van der Waals surface area contributed by atoms with Gasteiger partial charge in [0.2, 0.25) is 11.8 Å². The summed E-state index contributed by atoms with van der Waals surface area (Å²) in [6.45, 7) is 3.58. The molecule has 0 bridgehead atoms. The lowest BCUT2D eigenvalue weighted by atomic mass is 10.0. The van der Waals surface area contributed by atoms with Crippen molar-refractivity contribution in [1.82, 2.24) is 10.2 Å². The predicted octanol–water partition coefficient (Wildman–Crippen LogP) is 5.74. The van der Waals surface area contributed by atoms with Crippen molar-refractivity contribution in [2.45, 2.75) is 37.8 Å². The van der Waals surface area contributed by atoms with Crippen LogP contribution in [-0.2, 0) is 32.6 Å². The molecule has 0 unspecified atom stereocenters. The maximum absolute atomic E-state index is 14.5. The number of ether oxygens (including phenoxy) is 1. The van der Waals surface area contributed by atoms with Gasteiger partial charge in [0, 0.05) is 24.0 Å². The van der Waals surface area contributed by atoms with Crippen LogP contribution in [0.2, 0.25) is 0 Å². The topological polar surface area (TPSA) is 96.0 Å². The van der Waals surface area contributed by atoms with Gasteiger partial charge in [-0.15, -0.1) is 0 Å². The maximum Gasteiger partial charge on any atom is 0.264 e. The summed E-state index contributed by atoms with van der Waals surface area (Å²) in [5.41, 5.74) is 2.75. The van der Waals surface area contributed by atoms with E-state index in [1.807, 2.05) is 68.4 Å². The summed E-state index contributed by atoms with van der Waals surface area (Å²) in [6.07, 6.45) is 0.242. The average Bonchev–Trinajstić information content (AvgIpc) is 3.02. The van der Waals surface area contributed by atoms with Crippen molar-refractivity contribution in [3.05, 3.63) is 124 Å². The van der Waals surface area contributed by atoms with Crippen LogP contribution in [-0.4, -0.2) is 51.4 Å². The molecule has 230 valence electrons. The highest BCUT2D eigenvalue weighted by Crippen LogP contribution is 2.33. The molecule has 0 fully saturated rings. The van der Waals surface area contributed by atoms with Crippen LogP contribution in [0.15, 0.2) is 112 Å². The van der Waals surface area contributed by atoms with Crippen LogP contribution in [0.3, 0.4) is 0 Å². The first-order valence-electron chi connectivity index (χ1n) is 14.2. The number of benzene rings is 4. The van der Waals surface area contributed by atoms with Gasteiger partial charge in [-0.25, -0.2) is 8.42 Å². The summed E-state index contributed by atoms with van der Waals surface area (Å²) in [4.78, 5) is 29.6. The average molecular weight is 679 g/mol. The lowest BCUT2D eigenvalue weighted by Crippen LogP contribution is -2.53. The Morgan fingerprint density at radius 3 is 2.20 bits per heavy atom. The molecule has 8 nitrogen and oxygen atoms in total. The van der Waals surface area contributed by atoms with Crippen molar-refractivity contribution >= 4 is 43.5 Å². The molecule has 0 aliphatic heterocycles. The van der Waals surface area contributed by atoms with E-state index in [4.69, 9.17) is 4.74 Å². The molecule has 0 aromatic heterocycles. The van der Waals surface area contributed by atoms with Crippen molar-refractivity contribution in [3.8, 4) is 5.75 Å². The minimum atomic E-state index is -4.23. The van der Waals surface area contributed by atoms with Crippen LogP contribution in [0.1, 0.15) is 23.6 Å². The quantitative estimate of drug-likeness (QED) is 0.195. The van der Waals surface area contributed by atoms with Crippen molar-refractivity contribution in [3.63, 3.8) is 0 Å². The predicted molar refractivity (Wildman–Crippen MR) is 176 cm³/mol. The molecule has 4 aromatic carbocycles. The van der Waals surface area contributed by atoms with E-state index in [9.17, 15) is 18.0 Å². The zero-order valence-electron chi connectivity index (χ0n) is 24.9. The number of rotatable bonds is 13. The maximum atomic E-state index is 14.5. The fourth-order valence-electron chi connectivity index (χ4n) is 4.86. The van der Waals surface area contributed by atoms with Gasteiger partial charge in [0.25, 0.3) is 10.0 Å². The molecule has 2 amide bonds. The molecule has 0 spiro atoms. The van der Waals surface area contributed by atoms with Gasteiger partial charge in [-0.2, -0.15) is 0 Å². The van der Waals surface area contributed by atoms with Crippen molar-refractivity contribution < 1.29 is 22.7 Å². The second-order valence-electron chi connectivity index (χ2n) is 10.2. The molecule has 4 aromatic rings. The number of carbonyl (C=O) groups excluding carboxylic acids is 2. The standard InChI is InChI=1S/C34H36BrN3O5S/c1-4-36-34(40)31(22-26-11-6-5-7-12-26)37(23-27-13-10-14-28(35)21-27)33(39)24-38(30-15-8-9-16-32(30)43-3)44(41,42)29-19-17-25(2)18-20-29/h5-21,31H,4,22-24H2,1-3H3,(H,36,40)/t31-/m1/s1. The summed E-state index contributed by atoms with van der Waals surface area (Å²) in [5.74, 6) is -0.581. The minimum absolute atomic E-state index is 0.0323. The number of sulfonamides is 1. The summed E-state index contributed by atoms with van der Waals surface area (Å²) in [7, 11) is -2.78. The summed E-state index contributed by atoms with van der Waals surface area (Å²) >= 11 is 3.49. The molecule has 0 heterocycles. The first kappa shape index (κ1) is 32.8. The van der Waals surface area contributed by atoms with Gasteiger partial charge in [0.05, 0.1) is 17.7 Å². The molecule has 0 saturated carbocycles. The number of methoxy groups -OCH3 is 1. The lowest BCUT2D eigenvalue weighted by molar-refractivity contribution is -0.140. The van der Waals surface area contributed by atoms with Gasteiger partial charge >= 0.3 is 0 Å². The Hall–Kier alpha value is -4.15. The Labute approximate surface area is 267 Å². The summed E-state index contributed by atoms with van der Waals surface area (Å²) < 4.78 is 35.8. The molecule has 1 N–H and O–H groups in total. The van der Waals surface area contributed by atoms with Crippen LogP contribution in [0.4, 0.5) is 5.69 Å². The van der Waals surface area contributed by atoms with E-state index < -0.39 is 28.5 Å². The van der Waals surface area contributed by atoms with Gasteiger partial charge in [-0.3, -0.25) is 13.9 Å². The van der Waals surface area contributed by atoms with E-state index in [1.165, 1.54) is 24.1 Å². The van der Waals surface area contributed by atoms with Crippen LogP contribution >= 0.6 is 15.9 Å². The van der Waals surface area contributed by atoms with Crippen molar-refractivity contribution in [2.75, 3.05) is 24.5 Å². The molecule has 0 saturated heterocycles. The zero-order valence-corrected chi connectivity index (χ0v) is 27.3. The zero-order chi connectivity index (χ0) is 31.7. The number of hydrogen-bond acceptors (Lipinski definition) is 5. The smallest absolute Gasteiger partial charge is 0.264 e. The molecule has 1 atom stereocenters. The fraction of sp³-hybridized carbons (Fsp3) is 0.235. The van der Waals surface area contributed by atoms with E-state index in [-0.39, 0.29) is 29.5 Å². The molecule has 4 rings (SSSR count). The third-order valence-corrected chi connectivity index (χ3v) is 9.37. The molecule has 0 aliphatic rings. The number of likely N-dealkylation sites (N-methyl/N-ethyl adjacent to an activating group) is 1. The second-order valence-corrected chi connectivity index (χ2v) is 13.0. The third-order valence-electron chi connectivity index (χ3n) is 7.11. The molecule has 44 heavy (non-hydrogen) atoms. The first-order chi connectivity index (χ1) is 21.1. The van der Waals surface area contributed by atoms with Gasteiger partial charge in [0.15, 0.2) is 0 Å². The molecule has 10 heteroatoms. The SMILES string of the molecule is CCNC(=O)[C@@H](Cc1ccccc1)N(Cc1cccc(Br)c1)C(=O)CN(c1ccccc1OC)S(=O)(=O)c1ccc(C)cc1. The Kier molecular flexibility index (Phi) is 11.2. The number of para-hydroxylation sites is 2. The van der Waals surface area contributed by atoms with Crippen LogP contribution in [0.25, 0.3) is 0 Å². The Balaban J connectivity index is 1.82. The highest BCUT2D eigenvalue weighted by molar-refractivity contribution is 9.10.